The van der Waals surface area contributed by atoms with Gasteiger partial charge in [0, 0.05) is 17.0 Å². The van der Waals surface area contributed by atoms with Crippen LogP contribution in [0.2, 0.25) is 0 Å². The van der Waals surface area contributed by atoms with Crippen molar-refractivity contribution >= 4 is 11.0 Å². The van der Waals surface area contributed by atoms with Crippen molar-refractivity contribution in [2.75, 3.05) is 0 Å². The Kier molecular flexibility index (Phi) is 4.93. The van der Waals surface area contributed by atoms with Gasteiger partial charge in [0.05, 0.1) is 0 Å². The van der Waals surface area contributed by atoms with Crippen molar-refractivity contribution in [2.45, 2.75) is 46.6 Å². The van der Waals surface area contributed by atoms with Gasteiger partial charge in [-0.25, -0.2) is 4.79 Å². The van der Waals surface area contributed by atoms with Crippen molar-refractivity contribution in [3.8, 4) is 5.75 Å². The minimum atomic E-state index is -0.272. The Morgan fingerprint density at radius 2 is 1.80 bits per heavy atom. The summed E-state index contributed by atoms with van der Waals surface area (Å²) < 4.78 is 11.3. The maximum absolute atomic E-state index is 12.0. The molecule has 1 heterocycles. The van der Waals surface area contributed by atoms with Gasteiger partial charge >= 0.3 is 5.63 Å². The van der Waals surface area contributed by atoms with E-state index in [4.69, 9.17) is 9.15 Å². The van der Waals surface area contributed by atoms with Crippen molar-refractivity contribution in [3.63, 3.8) is 0 Å². The summed E-state index contributed by atoms with van der Waals surface area (Å²) in [7, 11) is 0. The van der Waals surface area contributed by atoms with Crippen LogP contribution in [0.25, 0.3) is 11.0 Å². The molecule has 0 spiro atoms. The number of ether oxygens (including phenoxy) is 1. The number of benzene rings is 2. The van der Waals surface area contributed by atoms with E-state index in [-0.39, 0.29) is 5.63 Å². The summed E-state index contributed by atoms with van der Waals surface area (Å²) in [6.07, 6.45) is 0.802. The van der Waals surface area contributed by atoms with Crippen LogP contribution in [0.1, 0.15) is 48.9 Å². The summed E-state index contributed by atoms with van der Waals surface area (Å²) in [6, 6.07) is 14.2. The Hall–Kier alpha value is -2.55. The molecular formula is C22H24O3. The van der Waals surface area contributed by atoms with E-state index in [1.165, 1.54) is 5.56 Å². The summed E-state index contributed by atoms with van der Waals surface area (Å²) in [5.41, 5.74) is 4.48. The van der Waals surface area contributed by atoms with Gasteiger partial charge in [-0.15, -0.1) is 0 Å². The summed E-state index contributed by atoms with van der Waals surface area (Å²) >= 11 is 0. The zero-order chi connectivity index (χ0) is 18.0. The molecule has 0 saturated carbocycles. The summed E-state index contributed by atoms with van der Waals surface area (Å²) in [4.78, 5) is 12.0. The van der Waals surface area contributed by atoms with Crippen molar-refractivity contribution in [1.82, 2.24) is 0 Å². The summed E-state index contributed by atoms with van der Waals surface area (Å²) in [5, 5.41) is 0.980. The molecule has 0 N–H and O–H groups in total. The third-order valence-corrected chi connectivity index (χ3v) is 4.65. The highest BCUT2D eigenvalue weighted by Crippen LogP contribution is 2.25. The predicted molar refractivity (Wildman–Crippen MR) is 101 cm³/mol. The van der Waals surface area contributed by atoms with Gasteiger partial charge < -0.3 is 9.15 Å². The molecule has 3 rings (SSSR count). The number of aryl methyl sites for hydroxylation is 1. The fraction of sp³-hybridized carbons (Fsp3) is 0.318. The average molecular weight is 336 g/mol. The van der Waals surface area contributed by atoms with Crippen LogP contribution in [0.5, 0.6) is 5.75 Å². The highest BCUT2D eigenvalue weighted by atomic mass is 16.5. The lowest BCUT2D eigenvalue weighted by Crippen LogP contribution is -2.07. The molecule has 0 amide bonds. The molecule has 0 bridgehead atoms. The van der Waals surface area contributed by atoms with Gasteiger partial charge in [0.15, 0.2) is 0 Å². The van der Waals surface area contributed by atoms with Crippen molar-refractivity contribution in [1.29, 1.82) is 0 Å². The maximum Gasteiger partial charge on any atom is 0.339 e. The first-order chi connectivity index (χ1) is 12.0. The molecule has 0 radical (unpaired) electrons. The van der Waals surface area contributed by atoms with Crippen LogP contribution in [0, 0.1) is 6.92 Å². The Balaban J connectivity index is 1.82. The summed E-state index contributed by atoms with van der Waals surface area (Å²) in [5.74, 6) is 1.23. The lowest BCUT2D eigenvalue weighted by molar-refractivity contribution is 0.306. The van der Waals surface area contributed by atoms with E-state index in [2.05, 4.69) is 38.1 Å². The molecule has 3 heteroatoms. The minimum absolute atomic E-state index is 0.272. The van der Waals surface area contributed by atoms with E-state index in [0.29, 0.717) is 29.4 Å². The van der Waals surface area contributed by atoms with Crippen molar-refractivity contribution < 1.29 is 9.15 Å². The average Bonchev–Trinajstić information content (AvgIpc) is 2.61. The normalized spacial score (nSPS) is 11.2. The van der Waals surface area contributed by atoms with Gasteiger partial charge in [-0.3, -0.25) is 0 Å². The number of hydrogen-bond acceptors (Lipinski definition) is 3. The van der Waals surface area contributed by atoms with Crippen LogP contribution in [-0.2, 0) is 13.0 Å². The number of hydrogen-bond donors (Lipinski definition) is 0. The topological polar surface area (TPSA) is 39.4 Å². The Morgan fingerprint density at radius 3 is 2.44 bits per heavy atom. The smallest absolute Gasteiger partial charge is 0.339 e. The molecule has 0 aliphatic heterocycles. The second-order valence-electron chi connectivity index (χ2n) is 6.69. The Bertz CT molecular complexity index is 934. The Morgan fingerprint density at radius 1 is 1.08 bits per heavy atom. The van der Waals surface area contributed by atoms with E-state index in [0.717, 1.165) is 22.9 Å². The van der Waals surface area contributed by atoms with E-state index >= 15 is 0 Å². The van der Waals surface area contributed by atoms with E-state index in [1.54, 1.807) is 6.07 Å². The second-order valence-corrected chi connectivity index (χ2v) is 6.69. The molecule has 3 nitrogen and oxygen atoms in total. The standard InChI is InChI=1S/C22H24O3/c1-5-19-15(4)22(23)25-21-12-18(10-11-20(19)21)24-13-16-6-8-17(9-7-16)14(2)3/h6-12,14H,5,13H2,1-4H3. The van der Waals surface area contributed by atoms with Crippen LogP contribution in [0.4, 0.5) is 0 Å². The van der Waals surface area contributed by atoms with Crippen molar-refractivity contribution in [2.24, 2.45) is 0 Å². The van der Waals surface area contributed by atoms with Gasteiger partial charge in [0.1, 0.15) is 17.9 Å². The molecule has 0 atom stereocenters. The molecule has 0 saturated heterocycles. The molecule has 0 aliphatic rings. The number of rotatable bonds is 5. The lowest BCUT2D eigenvalue weighted by Gasteiger charge is -2.11. The third-order valence-electron chi connectivity index (χ3n) is 4.65. The van der Waals surface area contributed by atoms with Crippen LogP contribution < -0.4 is 10.4 Å². The van der Waals surface area contributed by atoms with Gasteiger partial charge in [-0.05, 0) is 48.1 Å². The minimum Gasteiger partial charge on any atom is -0.489 e. The van der Waals surface area contributed by atoms with Gasteiger partial charge in [0.2, 0.25) is 0 Å². The van der Waals surface area contributed by atoms with E-state index in [1.807, 2.05) is 26.0 Å². The van der Waals surface area contributed by atoms with Gasteiger partial charge in [-0.1, -0.05) is 45.0 Å². The largest absolute Gasteiger partial charge is 0.489 e. The van der Waals surface area contributed by atoms with E-state index in [9.17, 15) is 4.79 Å². The maximum atomic E-state index is 12.0. The molecule has 2 aromatic carbocycles. The Labute approximate surface area is 148 Å². The highest BCUT2D eigenvalue weighted by Gasteiger charge is 2.10. The number of fused-ring (bicyclic) bond motifs is 1. The van der Waals surface area contributed by atoms with E-state index < -0.39 is 0 Å². The quantitative estimate of drug-likeness (QED) is 0.588. The van der Waals surface area contributed by atoms with Crippen LogP contribution in [-0.4, -0.2) is 0 Å². The molecule has 1 aromatic heterocycles. The predicted octanol–water partition coefficient (Wildman–Crippen LogP) is 5.37. The van der Waals surface area contributed by atoms with Crippen LogP contribution >= 0.6 is 0 Å². The fourth-order valence-electron chi connectivity index (χ4n) is 3.05. The highest BCUT2D eigenvalue weighted by molar-refractivity contribution is 5.82. The monoisotopic (exact) mass is 336 g/mol. The van der Waals surface area contributed by atoms with Gasteiger partial charge in [-0.2, -0.15) is 0 Å². The summed E-state index contributed by atoms with van der Waals surface area (Å²) in [6.45, 7) is 8.71. The molecule has 0 unspecified atom stereocenters. The third kappa shape index (κ3) is 3.60. The SMILES string of the molecule is CCc1c(C)c(=O)oc2cc(OCc3ccc(C(C)C)cc3)ccc12. The molecule has 130 valence electrons. The molecular weight excluding hydrogens is 312 g/mol. The first-order valence-corrected chi connectivity index (χ1v) is 8.77. The zero-order valence-corrected chi connectivity index (χ0v) is 15.3. The molecule has 0 aliphatic carbocycles. The second kappa shape index (κ2) is 7.14. The molecule has 3 aromatic rings. The molecule has 25 heavy (non-hydrogen) atoms. The van der Waals surface area contributed by atoms with Crippen LogP contribution in [0.3, 0.4) is 0 Å². The lowest BCUT2D eigenvalue weighted by atomic mass is 10.0. The first-order valence-electron chi connectivity index (χ1n) is 8.77. The fourth-order valence-corrected chi connectivity index (χ4v) is 3.05. The molecule has 0 fully saturated rings. The zero-order valence-electron chi connectivity index (χ0n) is 15.3. The van der Waals surface area contributed by atoms with Crippen molar-refractivity contribution in [3.05, 3.63) is 75.1 Å². The first kappa shape index (κ1) is 17.3. The van der Waals surface area contributed by atoms with Crippen LogP contribution in [0.15, 0.2) is 51.7 Å². The van der Waals surface area contributed by atoms with Gasteiger partial charge in [0.25, 0.3) is 0 Å².